The van der Waals surface area contributed by atoms with Crippen LogP contribution in [0.2, 0.25) is 0 Å². The number of ketones is 1. The number of amides is 1. The van der Waals surface area contributed by atoms with Crippen LogP contribution in [-0.4, -0.2) is 29.7 Å². The minimum Gasteiger partial charge on any atom is -0.342 e. The van der Waals surface area contributed by atoms with Gasteiger partial charge in [0.1, 0.15) is 5.78 Å². The maximum atomic E-state index is 10.7. The van der Waals surface area contributed by atoms with Crippen molar-refractivity contribution in [3.8, 4) is 0 Å². The molecule has 0 saturated carbocycles. The van der Waals surface area contributed by atoms with E-state index in [0.717, 1.165) is 0 Å². The number of Topliss-reactive ketones (excluding diaryl/α,β-unsaturated/α-hetero) is 1. The predicted molar refractivity (Wildman–Crippen MR) is 47.8 cm³/mol. The van der Waals surface area contributed by atoms with Crippen LogP contribution in [-0.2, 0) is 9.59 Å². The van der Waals surface area contributed by atoms with Crippen LogP contribution in [0.25, 0.3) is 0 Å². The molecule has 0 bridgehead atoms. The lowest BCUT2D eigenvalue weighted by atomic mass is 10.1. The number of likely N-dealkylation sites (tertiary alicyclic amines) is 1. The quantitative estimate of drug-likeness (QED) is 0.549. The van der Waals surface area contributed by atoms with Gasteiger partial charge in [-0.3, -0.25) is 9.59 Å². The fourth-order valence-corrected chi connectivity index (χ4v) is 1.07. The first kappa shape index (κ1) is 11.1. The van der Waals surface area contributed by atoms with E-state index in [2.05, 4.69) is 0 Å². The minimum absolute atomic E-state index is 0.0764. The van der Waals surface area contributed by atoms with Crippen LogP contribution >= 0.6 is 0 Å². The Morgan fingerprint density at radius 1 is 1.25 bits per heavy atom. The van der Waals surface area contributed by atoms with Crippen LogP contribution in [0, 0.1) is 0 Å². The second-order valence-corrected chi connectivity index (χ2v) is 2.54. The van der Waals surface area contributed by atoms with Gasteiger partial charge in [-0.15, -0.1) is 0 Å². The molecular weight excluding hydrogens is 154 g/mol. The second kappa shape index (κ2) is 5.75. The lowest BCUT2D eigenvalue weighted by Crippen LogP contribution is -2.36. The summed E-state index contributed by atoms with van der Waals surface area (Å²) < 4.78 is 0. The van der Waals surface area contributed by atoms with Gasteiger partial charge in [0.05, 0.1) is 0 Å². The van der Waals surface area contributed by atoms with E-state index in [1.807, 2.05) is 13.8 Å². The van der Waals surface area contributed by atoms with E-state index in [9.17, 15) is 9.59 Å². The van der Waals surface area contributed by atoms with Gasteiger partial charge in [-0.1, -0.05) is 13.8 Å². The number of carbonyl (C=O) groups excluding carboxylic acids is 2. The van der Waals surface area contributed by atoms with Crippen molar-refractivity contribution in [3.63, 3.8) is 0 Å². The first-order valence-electron chi connectivity index (χ1n) is 4.47. The number of rotatable bonds is 0. The Bertz CT molecular complexity index is 156. The molecule has 0 unspecified atom stereocenters. The van der Waals surface area contributed by atoms with E-state index in [0.29, 0.717) is 25.9 Å². The molecule has 3 nitrogen and oxygen atoms in total. The Kier molecular flexibility index (Phi) is 5.34. The molecule has 1 amide bonds. The largest absolute Gasteiger partial charge is 0.342 e. The Labute approximate surface area is 73.7 Å². The SMILES string of the molecule is CC.CC(=O)N1CCC(=O)CC1. The van der Waals surface area contributed by atoms with Gasteiger partial charge in [0.25, 0.3) is 0 Å². The van der Waals surface area contributed by atoms with Crippen molar-refractivity contribution in [2.24, 2.45) is 0 Å². The van der Waals surface area contributed by atoms with Crippen LogP contribution < -0.4 is 0 Å². The summed E-state index contributed by atoms with van der Waals surface area (Å²) in [6.07, 6.45) is 1.08. The summed E-state index contributed by atoms with van der Waals surface area (Å²) in [5.74, 6) is 0.352. The molecule has 0 aromatic heterocycles. The van der Waals surface area contributed by atoms with Crippen LogP contribution in [0.4, 0.5) is 0 Å². The molecule has 70 valence electrons. The highest BCUT2D eigenvalue weighted by molar-refractivity contribution is 5.82. The fourth-order valence-electron chi connectivity index (χ4n) is 1.07. The first-order valence-corrected chi connectivity index (χ1v) is 4.47. The number of hydrogen-bond donors (Lipinski definition) is 0. The lowest BCUT2D eigenvalue weighted by Gasteiger charge is -2.24. The number of hydrogen-bond acceptors (Lipinski definition) is 2. The molecule has 0 atom stereocenters. The highest BCUT2D eigenvalue weighted by Gasteiger charge is 2.16. The van der Waals surface area contributed by atoms with Gasteiger partial charge in [-0.25, -0.2) is 0 Å². The van der Waals surface area contributed by atoms with Crippen molar-refractivity contribution in [1.29, 1.82) is 0 Å². The normalized spacial score (nSPS) is 16.6. The van der Waals surface area contributed by atoms with E-state index < -0.39 is 0 Å². The maximum absolute atomic E-state index is 10.7. The van der Waals surface area contributed by atoms with Gasteiger partial charge < -0.3 is 4.90 Å². The lowest BCUT2D eigenvalue weighted by molar-refractivity contribution is -0.132. The zero-order valence-electron chi connectivity index (χ0n) is 8.09. The Hall–Kier alpha value is -0.860. The second-order valence-electron chi connectivity index (χ2n) is 2.54. The van der Waals surface area contributed by atoms with Crippen molar-refractivity contribution < 1.29 is 9.59 Å². The Balaban J connectivity index is 0.000000561. The van der Waals surface area contributed by atoms with Crippen molar-refractivity contribution in [2.75, 3.05) is 13.1 Å². The topological polar surface area (TPSA) is 37.4 Å². The average molecular weight is 171 g/mol. The number of nitrogens with zero attached hydrogens (tertiary/aromatic N) is 1. The molecule has 1 aliphatic heterocycles. The first-order chi connectivity index (χ1) is 5.70. The van der Waals surface area contributed by atoms with E-state index in [1.165, 1.54) is 6.92 Å². The molecule has 0 aliphatic carbocycles. The third-order valence-corrected chi connectivity index (χ3v) is 1.77. The van der Waals surface area contributed by atoms with Gasteiger partial charge in [-0.05, 0) is 0 Å². The molecule has 0 radical (unpaired) electrons. The van der Waals surface area contributed by atoms with E-state index in [-0.39, 0.29) is 11.7 Å². The third kappa shape index (κ3) is 3.51. The van der Waals surface area contributed by atoms with Crippen molar-refractivity contribution in [2.45, 2.75) is 33.6 Å². The van der Waals surface area contributed by atoms with Gasteiger partial charge in [0.15, 0.2) is 0 Å². The highest BCUT2D eigenvalue weighted by Crippen LogP contribution is 2.04. The molecule has 1 saturated heterocycles. The zero-order chi connectivity index (χ0) is 9.56. The van der Waals surface area contributed by atoms with Crippen LogP contribution in [0.1, 0.15) is 33.6 Å². The summed E-state index contributed by atoms with van der Waals surface area (Å²) >= 11 is 0. The summed E-state index contributed by atoms with van der Waals surface area (Å²) in [7, 11) is 0. The molecule has 1 fully saturated rings. The molecule has 1 heterocycles. The molecule has 12 heavy (non-hydrogen) atoms. The molecule has 0 aromatic carbocycles. The van der Waals surface area contributed by atoms with Crippen molar-refractivity contribution in [3.05, 3.63) is 0 Å². The summed E-state index contributed by atoms with van der Waals surface area (Å²) in [6, 6.07) is 0. The van der Waals surface area contributed by atoms with Gasteiger partial charge in [-0.2, -0.15) is 0 Å². The van der Waals surface area contributed by atoms with Crippen molar-refractivity contribution >= 4 is 11.7 Å². The minimum atomic E-state index is 0.0764. The maximum Gasteiger partial charge on any atom is 0.219 e. The van der Waals surface area contributed by atoms with E-state index in [1.54, 1.807) is 4.90 Å². The summed E-state index contributed by atoms with van der Waals surface area (Å²) in [6.45, 7) is 6.78. The van der Waals surface area contributed by atoms with Crippen LogP contribution in [0.15, 0.2) is 0 Å². The van der Waals surface area contributed by atoms with Gasteiger partial charge in [0.2, 0.25) is 5.91 Å². The average Bonchev–Trinajstić information content (AvgIpc) is 2.09. The van der Waals surface area contributed by atoms with Crippen LogP contribution in [0.5, 0.6) is 0 Å². The predicted octanol–water partition coefficient (Wildman–Crippen LogP) is 1.22. The monoisotopic (exact) mass is 171 g/mol. The van der Waals surface area contributed by atoms with Crippen molar-refractivity contribution in [1.82, 2.24) is 4.90 Å². The molecule has 0 spiro atoms. The van der Waals surface area contributed by atoms with Crippen LogP contribution in [0.3, 0.4) is 0 Å². The summed E-state index contributed by atoms with van der Waals surface area (Å²) in [5, 5.41) is 0. The molecular formula is C9H17NO2. The molecule has 3 heteroatoms. The van der Waals surface area contributed by atoms with E-state index >= 15 is 0 Å². The van der Waals surface area contributed by atoms with E-state index in [4.69, 9.17) is 0 Å². The standard InChI is InChI=1S/C7H11NO2.C2H6/c1-6(9)8-4-2-7(10)3-5-8;1-2/h2-5H2,1H3;1-2H3. The molecule has 1 aliphatic rings. The highest BCUT2D eigenvalue weighted by atomic mass is 16.2. The molecule has 0 aromatic rings. The molecule has 1 rings (SSSR count). The number of carbonyl (C=O) groups is 2. The Morgan fingerprint density at radius 2 is 1.67 bits per heavy atom. The molecule has 0 N–H and O–H groups in total. The Morgan fingerprint density at radius 3 is 2.00 bits per heavy atom. The third-order valence-electron chi connectivity index (χ3n) is 1.77. The van der Waals surface area contributed by atoms with Gasteiger partial charge in [0, 0.05) is 32.9 Å². The zero-order valence-corrected chi connectivity index (χ0v) is 8.09. The summed E-state index contributed by atoms with van der Waals surface area (Å²) in [4.78, 5) is 23.1. The smallest absolute Gasteiger partial charge is 0.219 e. The summed E-state index contributed by atoms with van der Waals surface area (Å²) in [5.41, 5.74) is 0. The van der Waals surface area contributed by atoms with Gasteiger partial charge >= 0.3 is 0 Å². The fraction of sp³-hybridized carbons (Fsp3) is 0.778. The number of piperidine rings is 1.